The first-order valence-electron chi connectivity index (χ1n) is 9.70. The summed E-state index contributed by atoms with van der Waals surface area (Å²) in [6, 6.07) is 11.0. The van der Waals surface area contributed by atoms with Crippen molar-refractivity contribution in [2.45, 2.75) is 11.6 Å². The molecule has 3 aromatic rings. The zero-order valence-corrected chi connectivity index (χ0v) is 19.1. The summed E-state index contributed by atoms with van der Waals surface area (Å²) in [5.74, 6) is 2.59. The molecule has 170 valence electrons. The molecule has 32 heavy (non-hydrogen) atoms. The molecule has 1 aromatic heterocycles. The fourth-order valence-corrected chi connectivity index (χ4v) is 3.66. The van der Waals surface area contributed by atoms with Gasteiger partial charge in [0.2, 0.25) is 11.1 Å². The number of hydrogen-bond acceptors (Lipinski definition) is 9. The van der Waals surface area contributed by atoms with Crippen LogP contribution < -0.4 is 24.3 Å². The molecule has 3 rings (SSSR count). The van der Waals surface area contributed by atoms with Gasteiger partial charge >= 0.3 is 0 Å². The predicted octanol–water partition coefficient (Wildman–Crippen LogP) is 2.15. The average molecular weight is 460 g/mol. The number of tetrazole rings is 1. The van der Waals surface area contributed by atoms with Crippen molar-refractivity contribution in [3.8, 4) is 28.7 Å². The molecule has 0 fully saturated rings. The number of benzene rings is 2. The van der Waals surface area contributed by atoms with Crippen LogP contribution in [-0.2, 0) is 11.2 Å². The molecular weight excluding hydrogens is 434 g/mol. The molecule has 0 saturated carbocycles. The Hall–Kier alpha value is -3.47. The third-order valence-electron chi connectivity index (χ3n) is 4.57. The largest absolute Gasteiger partial charge is 0.497 e. The Morgan fingerprint density at radius 1 is 0.969 bits per heavy atom. The second-order valence-electron chi connectivity index (χ2n) is 6.49. The molecule has 0 spiro atoms. The molecule has 0 aliphatic carbocycles. The van der Waals surface area contributed by atoms with Gasteiger partial charge in [-0.15, -0.1) is 5.10 Å². The van der Waals surface area contributed by atoms with Crippen LogP contribution in [0, 0.1) is 0 Å². The fraction of sp³-hybridized carbons (Fsp3) is 0.333. The summed E-state index contributed by atoms with van der Waals surface area (Å²) < 4.78 is 22.7. The number of nitrogens with one attached hydrogen (secondary N) is 1. The number of nitrogens with zero attached hydrogens (tertiary/aromatic N) is 4. The first-order valence-corrected chi connectivity index (χ1v) is 10.7. The average Bonchev–Trinajstić information content (AvgIpc) is 3.30. The van der Waals surface area contributed by atoms with Crippen LogP contribution in [0.1, 0.15) is 5.56 Å². The second-order valence-corrected chi connectivity index (χ2v) is 7.43. The smallest absolute Gasteiger partial charge is 0.230 e. The number of aromatic nitrogens is 4. The predicted molar refractivity (Wildman–Crippen MR) is 119 cm³/mol. The van der Waals surface area contributed by atoms with Crippen molar-refractivity contribution >= 4 is 17.7 Å². The van der Waals surface area contributed by atoms with Crippen molar-refractivity contribution in [2.75, 3.05) is 40.7 Å². The minimum atomic E-state index is -0.119. The molecule has 1 amide bonds. The molecule has 1 N–H and O–H groups in total. The standard InChI is InChI=1S/C21H25N5O5S/c1-28-15-6-7-16(18(12-15)30-3)26-21(23-24-25-26)32-13-20(27)22-10-9-14-5-8-17(29-2)19(11-14)31-4/h5-8,11-12H,9-10,13H2,1-4H3,(H,22,27). The Morgan fingerprint density at radius 3 is 2.47 bits per heavy atom. The summed E-state index contributed by atoms with van der Waals surface area (Å²) in [4.78, 5) is 12.3. The van der Waals surface area contributed by atoms with Crippen LogP contribution in [-0.4, -0.2) is 66.9 Å². The zero-order valence-electron chi connectivity index (χ0n) is 18.3. The van der Waals surface area contributed by atoms with E-state index in [0.29, 0.717) is 46.8 Å². The summed E-state index contributed by atoms with van der Waals surface area (Å²) in [7, 11) is 6.32. The summed E-state index contributed by atoms with van der Waals surface area (Å²) in [5, 5.41) is 15.1. The molecule has 0 atom stereocenters. The molecule has 0 unspecified atom stereocenters. The van der Waals surface area contributed by atoms with Crippen LogP contribution in [0.3, 0.4) is 0 Å². The summed E-state index contributed by atoms with van der Waals surface area (Å²) in [6.45, 7) is 0.492. The molecule has 2 aromatic carbocycles. The lowest BCUT2D eigenvalue weighted by Crippen LogP contribution is -2.27. The number of carbonyl (C=O) groups is 1. The number of amides is 1. The normalized spacial score (nSPS) is 10.5. The van der Waals surface area contributed by atoms with Gasteiger partial charge in [0.05, 0.1) is 34.2 Å². The van der Waals surface area contributed by atoms with Gasteiger partial charge in [0.1, 0.15) is 17.2 Å². The first-order chi connectivity index (χ1) is 15.6. The van der Waals surface area contributed by atoms with Gasteiger partial charge in [-0.05, 0) is 46.7 Å². The van der Waals surface area contributed by atoms with E-state index in [4.69, 9.17) is 18.9 Å². The van der Waals surface area contributed by atoms with E-state index in [2.05, 4.69) is 20.8 Å². The third-order valence-corrected chi connectivity index (χ3v) is 5.49. The van der Waals surface area contributed by atoms with E-state index in [-0.39, 0.29) is 11.7 Å². The highest BCUT2D eigenvalue weighted by atomic mass is 32.2. The fourth-order valence-electron chi connectivity index (χ4n) is 2.94. The van der Waals surface area contributed by atoms with Crippen molar-refractivity contribution in [3.63, 3.8) is 0 Å². The minimum absolute atomic E-state index is 0.119. The van der Waals surface area contributed by atoms with Crippen LogP contribution in [0.2, 0.25) is 0 Å². The molecule has 10 nitrogen and oxygen atoms in total. The highest BCUT2D eigenvalue weighted by Crippen LogP contribution is 2.30. The van der Waals surface area contributed by atoms with Gasteiger partial charge < -0.3 is 24.3 Å². The third kappa shape index (κ3) is 5.61. The lowest BCUT2D eigenvalue weighted by molar-refractivity contribution is -0.118. The van der Waals surface area contributed by atoms with Crippen molar-refractivity contribution in [3.05, 3.63) is 42.0 Å². The van der Waals surface area contributed by atoms with Gasteiger partial charge in [-0.25, -0.2) is 0 Å². The molecule has 0 aliphatic rings. The Morgan fingerprint density at radius 2 is 1.75 bits per heavy atom. The number of carbonyl (C=O) groups excluding carboxylic acids is 1. The number of ether oxygens (including phenoxy) is 4. The van der Waals surface area contributed by atoms with Gasteiger partial charge in [0.25, 0.3) is 0 Å². The van der Waals surface area contributed by atoms with Gasteiger partial charge in [-0.3, -0.25) is 4.79 Å². The molecular formula is C21H25N5O5S. The van der Waals surface area contributed by atoms with E-state index in [1.165, 1.54) is 16.4 Å². The monoisotopic (exact) mass is 459 g/mol. The van der Waals surface area contributed by atoms with E-state index < -0.39 is 0 Å². The van der Waals surface area contributed by atoms with Crippen molar-refractivity contribution in [1.82, 2.24) is 25.5 Å². The summed E-state index contributed by atoms with van der Waals surface area (Å²) in [5.41, 5.74) is 1.68. The zero-order chi connectivity index (χ0) is 22.9. The van der Waals surface area contributed by atoms with E-state index in [1.807, 2.05) is 18.2 Å². The Kier molecular flexibility index (Phi) is 8.14. The number of rotatable bonds is 11. The highest BCUT2D eigenvalue weighted by molar-refractivity contribution is 7.99. The lowest BCUT2D eigenvalue weighted by Gasteiger charge is -2.11. The summed E-state index contributed by atoms with van der Waals surface area (Å²) in [6.07, 6.45) is 0.664. The van der Waals surface area contributed by atoms with Crippen LogP contribution >= 0.6 is 11.8 Å². The maximum atomic E-state index is 12.3. The molecule has 1 heterocycles. The van der Waals surface area contributed by atoms with Crippen molar-refractivity contribution < 1.29 is 23.7 Å². The second kappa shape index (κ2) is 11.2. The molecule has 0 bridgehead atoms. The summed E-state index contributed by atoms with van der Waals surface area (Å²) >= 11 is 1.23. The van der Waals surface area contributed by atoms with Gasteiger partial charge in [-0.2, -0.15) is 4.68 Å². The number of hydrogen-bond donors (Lipinski definition) is 1. The topological polar surface area (TPSA) is 110 Å². The maximum Gasteiger partial charge on any atom is 0.230 e. The van der Waals surface area contributed by atoms with E-state index in [9.17, 15) is 4.79 Å². The van der Waals surface area contributed by atoms with Gasteiger partial charge in [0.15, 0.2) is 11.5 Å². The van der Waals surface area contributed by atoms with E-state index >= 15 is 0 Å². The van der Waals surface area contributed by atoms with E-state index in [1.54, 1.807) is 46.6 Å². The molecule has 11 heteroatoms. The number of thioether (sulfide) groups is 1. The maximum absolute atomic E-state index is 12.3. The minimum Gasteiger partial charge on any atom is -0.497 e. The van der Waals surface area contributed by atoms with Crippen LogP contribution in [0.4, 0.5) is 0 Å². The van der Waals surface area contributed by atoms with Crippen molar-refractivity contribution in [2.24, 2.45) is 0 Å². The lowest BCUT2D eigenvalue weighted by atomic mass is 10.1. The van der Waals surface area contributed by atoms with Crippen molar-refractivity contribution in [1.29, 1.82) is 0 Å². The molecule has 0 saturated heterocycles. The number of methoxy groups -OCH3 is 4. The van der Waals surface area contributed by atoms with Gasteiger partial charge in [0, 0.05) is 12.6 Å². The first kappa shape index (κ1) is 23.2. The van der Waals surface area contributed by atoms with Crippen LogP contribution in [0.15, 0.2) is 41.6 Å². The Labute approximate surface area is 190 Å². The van der Waals surface area contributed by atoms with Crippen LogP contribution in [0.25, 0.3) is 5.69 Å². The highest BCUT2D eigenvalue weighted by Gasteiger charge is 2.15. The Bertz CT molecular complexity index is 1060. The van der Waals surface area contributed by atoms with E-state index in [0.717, 1.165) is 5.56 Å². The molecule has 0 aliphatic heterocycles. The van der Waals surface area contributed by atoms with Gasteiger partial charge in [-0.1, -0.05) is 17.8 Å². The van der Waals surface area contributed by atoms with Crippen LogP contribution in [0.5, 0.6) is 23.0 Å². The quantitative estimate of drug-likeness (QED) is 0.431. The Balaban J connectivity index is 1.55. The SMILES string of the molecule is COc1ccc(-n2nnnc2SCC(=O)NCCc2ccc(OC)c(OC)c2)c(OC)c1. The molecule has 0 radical (unpaired) electrons.